The van der Waals surface area contributed by atoms with Gasteiger partial charge in [0.1, 0.15) is 5.00 Å². The van der Waals surface area contributed by atoms with Gasteiger partial charge in [0.2, 0.25) is 5.91 Å². The highest BCUT2D eigenvalue weighted by Gasteiger charge is 2.42. The van der Waals surface area contributed by atoms with Crippen molar-refractivity contribution in [2.45, 2.75) is 72.4 Å². The number of carbonyl (C=O) groups is 3. The number of thiophene rings is 1. The molecule has 28 heavy (non-hydrogen) atoms. The lowest BCUT2D eigenvalue weighted by atomic mass is 9.84. The molecular formula is C21H30N2O4S. The van der Waals surface area contributed by atoms with Gasteiger partial charge < -0.3 is 15.4 Å². The van der Waals surface area contributed by atoms with Crippen LogP contribution in [-0.4, -0.2) is 29.9 Å². The van der Waals surface area contributed by atoms with Gasteiger partial charge in [-0.3, -0.25) is 9.59 Å². The average molecular weight is 407 g/mol. The fourth-order valence-corrected chi connectivity index (χ4v) is 5.84. The molecule has 2 aliphatic rings. The van der Waals surface area contributed by atoms with Crippen LogP contribution in [0.2, 0.25) is 0 Å². The molecular weight excluding hydrogens is 376 g/mol. The number of amides is 2. The van der Waals surface area contributed by atoms with E-state index >= 15 is 0 Å². The third-order valence-corrected chi connectivity index (χ3v) is 7.46. The van der Waals surface area contributed by atoms with E-state index in [1.165, 1.54) is 43.9 Å². The highest BCUT2D eigenvalue weighted by molar-refractivity contribution is 7.16. The molecule has 0 radical (unpaired) electrons. The average Bonchev–Trinajstić information content (AvgIpc) is 3.30. The van der Waals surface area contributed by atoms with Crippen molar-refractivity contribution in [3.8, 4) is 0 Å². The zero-order chi connectivity index (χ0) is 20.6. The Hall–Kier alpha value is -1.89. The molecule has 1 heterocycles. The number of carbonyl (C=O) groups excluding carboxylic acids is 3. The summed E-state index contributed by atoms with van der Waals surface area (Å²) in [5.74, 6) is 0.964. The molecule has 2 saturated carbocycles. The van der Waals surface area contributed by atoms with Gasteiger partial charge in [-0.25, -0.2) is 4.79 Å². The molecule has 0 unspecified atom stereocenters. The predicted molar refractivity (Wildman–Crippen MR) is 110 cm³/mol. The molecule has 0 saturated heterocycles. The molecule has 1 aromatic rings. The highest BCUT2D eigenvalue weighted by atomic mass is 32.1. The largest absolute Gasteiger partial charge is 0.449 e. The number of hydrogen-bond acceptors (Lipinski definition) is 5. The number of hydrogen-bond donors (Lipinski definition) is 2. The van der Waals surface area contributed by atoms with Crippen LogP contribution in [0.4, 0.5) is 5.00 Å². The normalized spacial score (nSPS) is 25.2. The minimum absolute atomic E-state index is 0.0871. The van der Waals surface area contributed by atoms with Crippen molar-refractivity contribution in [2.24, 2.45) is 17.8 Å². The lowest BCUT2D eigenvalue weighted by Crippen LogP contribution is -2.45. The molecule has 2 aliphatic carbocycles. The first-order valence-electron chi connectivity index (χ1n) is 10.1. The number of esters is 1. The maximum Gasteiger partial charge on any atom is 0.342 e. The van der Waals surface area contributed by atoms with E-state index in [2.05, 4.69) is 17.6 Å². The molecule has 6 nitrogen and oxygen atoms in total. The summed E-state index contributed by atoms with van der Waals surface area (Å²) >= 11 is 1.33. The maximum atomic E-state index is 12.7. The summed E-state index contributed by atoms with van der Waals surface area (Å²) in [6.07, 6.45) is 4.18. The molecule has 0 aromatic carbocycles. The number of rotatable bonds is 6. The Morgan fingerprint density at radius 1 is 1.14 bits per heavy atom. The Kier molecular flexibility index (Phi) is 6.12. The molecule has 0 spiro atoms. The summed E-state index contributed by atoms with van der Waals surface area (Å²) in [6, 6.07) is 0.0871. The van der Waals surface area contributed by atoms with Crippen molar-refractivity contribution in [1.29, 1.82) is 0 Å². The van der Waals surface area contributed by atoms with Gasteiger partial charge in [0.25, 0.3) is 5.91 Å². The van der Waals surface area contributed by atoms with Gasteiger partial charge in [0.05, 0.1) is 5.56 Å². The summed E-state index contributed by atoms with van der Waals surface area (Å²) in [7, 11) is 0. The molecule has 7 heteroatoms. The number of aryl methyl sites for hydroxylation is 1. The molecule has 2 N–H and O–H groups in total. The van der Waals surface area contributed by atoms with Crippen LogP contribution in [0.5, 0.6) is 0 Å². The van der Waals surface area contributed by atoms with Crippen LogP contribution in [0.3, 0.4) is 0 Å². The van der Waals surface area contributed by atoms with E-state index < -0.39 is 12.1 Å². The van der Waals surface area contributed by atoms with Gasteiger partial charge in [-0.2, -0.15) is 0 Å². The first-order valence-corrected chi connectivity index (χ1v) is 10.9. The van der Waals surface area contributed by atoms with Crippen molar-refractivity contribution in [3.05, 3.63) is 16.0 Å². The summed E-state index contributed by atoms with van der Waals surface area (Å²) in [4.78, 5) is 37.6. The van der Waals surface area contributed by atoms with E-state index in [1.807, 2.05) is 13.8 Å². The van der Waals surface area contributed by atoms with E-state index in [0.717, 1.165) is 22.3 Å². The fraction of sp³-hybridized carbons (Fsp3) is 0.667. The summed E-state index contributed by atoms with van der Waals surface area (Å²) in [5, 5.41) is 6.20. The van der Waals surface area contributed by atoms with E-state index in [9.17, 15) is 14.4 Å². The van der Waals surface area contributed by atoms with Gasteiger partial charge in [0, 0.05) is 17.8 Å². The Bertz CT molecular complexity index is 788. The van der Waals surface area contributed by atoms with Crippen molar-refractivity contribution >= 4 is 34.1 Å². The van der Waals surface area contributed by atoms with Gasteiger partial charge in [-0.05, 0) is 70.3 Å². The summed E-state index contributed by atoms with van der Waals surface area (Å²) in [6.45, 7) is 8.74. The van der Waals surface area contributed by atoms with Crippen LogP contribution in [0.1, 0.15) is 67.3 Å². The number of anilines is 1. The minimum atomic E-state index is -0.890. The molecule has 2 fully saturated rings. The molecule has 154 valence electrons. The van der Waals surface area contributed by atoms with Gasteiger partial charge in [-0.1, -0.05) is 6.42 Å². The Labute approximate surface area is 170 Å². The second-order valence-corrected chi connectivity index (χ2v) is 9.58. The number of nitrogens with one attached hydrogen (secondary N) is 2. The first kappa shape index (κ1) is 20.8. The molecule has 5 atom stereocenters. The van der Waals surface area contributed by atoms with Gasteiger partial charge >= 0.3 is 5.97 Å². The van der Waals surface area contributed by atoms with Crippen LogP contribution in [0.25, 0.3) is 0 Å². The molecule has 2 bridgehead atoms. The lowest BCUT2D eigenvalue weighted by molar-refractivity contribution is -0.130. The third kappa shape index (κ3) is 4.24. The van der Waals surface area contributed by atoms with Gasteiger partial charge in [-0.15, -0.1) is 11.3 Å². The van der Waals surface area contributed by atoms with Crippen molar-refractivity contribution in [3.63, 3.8) is 0 Å². The van der Waals surface area contributed by atoms with E-state index in [-0.39, 0.29) is 17.9 Å². The van der Waals surface area contributed by atoms with Crippen LogP contribution < -0.4 is 10.6 Å². The highest BCUT2D eigenvalue weighted by Crippen LogP contribution is 2.49. The Morgan fingerprint density at radius 3 is 2.43 bits per heavy atom. The lowest BCUT2D eigenvalue weighted by Gasteiger charge is -2.29. The SMILES string of the molecule is CC(=O)Nc1sc(C)c(C)c1C(=O)O[C@H](C)C(=O)N[C@H](C)[C@@H]1C[C@H]2CC[C@H]1C2. The topological polar surface area (TPSA) is 84.5 Å². The van der Waals surface area contributed by atoms with Crippen LogP contribution in [-0.2, 0) is 14.3 Å². The predicted octanol–water partition coefficient (Wildman–Crippen LogP) is 3.81. The van der Waals surface area contributed by atoms with Crippen LogP contribution in [0.15, 0.2) is 0 Å². The monoisotopic (exact) mass is 406 g/mol. The van der Waals surface area contributed by atoms with E-state index in [0.29, 0.717) is 16.5 Å². The zero-order valence-corrected chi connectivity index (χ0v) is 18.1. The Balaban J connectivity index is 1.61. The Morgan fingerprint density at radius 2 is 1.86 bits per heavy atom. The zero-order valence-electron chi connectivity index (χ0n) is 17.3. The minimum Gasteiger partial charge on any atom is -0.449 e. The number of fused-ring (bicyclic) bond motifs is 2. The maximum absolute atomic E-state index is 12.7. The van der Waals surface area contributed by atoms with Gasteiger partial charge in [0.15, 0.2) is 6.10 Å². The van der Waals surface area contributed by atoms with E-state index in [1.54, 1.807) is 6.92 Å². The van der Waals surface area contributed by atoms with Crippen LogP contribution >= 0.6 is 11.3 Å². The fourth-order valence-electron chi connectivity index (χ4n) is 4.75. The first-order chi connectivity index (χ1) is 13.2. The van der Waals surface area contributed by atoms with Crippen molar-refractivity contribution < 1.29 is 19.1 Å². The molecule has 2 amide bonds. The molecule has 3 rings (SSSR count). The summed E-state index contributed by atoms with van der Waals surface area (Å²) < 4.78 is 5.44. The number of ether oxygens (including phenoxy) is 1. The summed E-state index contributed by atoms with van der Waals surface area (Å²) in [5.41, 5.74) is 1.10. The molecule has 1 aromatic heterocycles. The second kappa shape index (κ2) is 8.23. The second-order valence-electron chi connectivity index (χ2n) is 8.35. The quantitative estimate of drug-likeness (QED) is 0.704. The molecule has 0 aliphatic heterocycles. The van der Waals surface area contributed by atoms with Crippen molar-refractivity contribution in [1.82, 2.24) is 5.32 Å². The van der Waals surface area contributed by atoms with Crippen LogP contribution in [0, 0.1) is 31.6 Å². The van der Waals surface area contributed by atoms with E-state index in [4.69, 9.17) is 4.74 Å². The van der Waals surface area contributed by atoms with Crippen molar-refractivity contribution in [2.75, 3.05) is 5.32 Å². The smallest absolute Gasteiger partial charge is 0.342 e. The third-order valence-electron chi connectivity index (χ3n) is 6.34. The standard InChI is InChI=1S/C21H30N2O4S/c1-10-13(4)28-20(23-14(5)24)18(10)21(26)27-12(3)19(25)22-11(2)17-9-15-6-7-16(17)8-15/h11-12,15-17H,6-9H2,1-5H3,(H,22,25)(H,23,24)/t11-,12-,15+,16+,17+/m1/s1.